The number of hydrogen-bond donors (Lipinski definition) is 1. The number of carbonyl (C=O) groups is 1. The van der Waals surface area contributed by atoms with Crippen LogP contribution in [0.1, 0.15) is 23.6 Å². The van der Waals surface area contributed by atoms with E-state index in [1.807, 2.05) is 71.6 Å². The zero-order valence-electron chi connectivity index (χ0n) is 14.9. The Labute approximate surface area is 167 Å². The summed E-state index contributed by atoms with van der Waals surface area (Å²) in [6, 6.07) is 16.7. The zero-order valence-corrected chi connectivity index (χ0v) is 15.7. The van der Waals surface area contributed by atoms with E-state index >= 15 is 0 Å². The first-order valence-corrected chi connectivity index (χ1v) is 9.16. The SMILES string of the molecule is O=C(CC(c1cccc(Cl)c1)n1cccc1)NN=Cc1ccc2c(c1)OCO2. The molecule has 1 aromatic heterocycles. The summed E-state index contributed by atoms with van der Waals surface area (Å²) < 4.78 is 12.6. The minimum Gasteiger partial charge on any atom is -0.454 e. The molecule has 7 heteroatoms. The second-order valence-electron chi connectivity index (χ2n) is 6.31. The number of fused-ring (bicyclic) bond motifs is 1. The summed E-state index contributed by atoms with van der Waals surface area (Å²) in [6.07, 6.45) is 5.65. The molecule has 1 atom stereocenters. The average molecular weight is 396 g/mol. The summed E-state index contributed by atoms with van der Waals surface area (Å²) in [6.45, 7) is 0.219. The van der Waals surface area contributed by atoms with E-state index in [4.69, 9.17) is 21.1 Å². The Morgan fingerprint density at radius 3 is 2.79 bits per heavy atom. The lowest BCUT2D eigenvalue weighted by atomic mass is 10.0. The highest BCUT2D eigenvalue weighted by atomic mass is 35.5. The Bertz CT molecular complexity index is 1000. The van der Waals surface area contributed by atoms with Gasteiger partial charge in [0.15, 0.2) is 11.5 Å². The minimum atomic E-state index is -0.198. The zero-order chi connectivity index (χ0) is 19.3. The third kappa shape index (κ3) is 4.18. The molecule has 4 rings (SSSR count). The molecule has 3 aromatic rings. The molecule has 2 heterocycles. The van der Waals surface area contributed by atoms with Crippen LogP contribution in [0, 0.1) is 0 Å². The van der Waals surface area contributed by atoms with Crippen molar-refractivity contribution in [3.05, 3.63) is 83.1 Å². The molecule has 142 valence electrons. The van der Waals surface area contributed by atoms with Crippen molar-refractivity contribution in [2.75, 3.05) is 6.79 Å². The Morgan fingerprint density at radius 1 is 1.14 bits per heavy atom. The van der Waals surface area contributed by atoms with Gasteiger partial charge in [-0.1, -0.05) is 23.7 Å². The molecule has 1 aliphatic rings. The molecule has 0 aliphatic carbocycles. The normalized spacial score (nSPS) is 13.6. The second kappa shape index (κ2) is 8.19. The van der Waals surface area contributed by atoms with E-state index in [-0.39, 0.29) is 25.2 Å². The summed E-state index contributed by atoms with van der Waals surface area (Å²) in [4.78, 5) is 12.5. The van der Waals surface area contributed by atoms with Gasteiger partial charge in [-0.15, -0.1) is 0 Å². The predicted octanol–water partition coefficient (Wildman–Crippen LogP) is 4.00. The lowest BCUT2D eigenvalue weighted by molar-refractivity contribution is -0.121. The van der Waals surface area contributed by atoms with Gasteiger partial charge in [-0.2, -0.15) is 5.10 Å². The number of benzene rings is 2. The fourth-order valence-corrected chi connectivity index (χ4v) is 3.26. The number of aromatic nitrogens is 1. The Balaban J connectivity index is 1.43. The maximum atomic E-state index is 12.5. The molecule has 28 heavy (non-hydrogen) atoms. The summed E-state index contributed by atoms with van der Waals surface area (Å²) in [7, 11) is 0. The van der Waals surface area contributed by atoms with E-state index in [1.54, 1.807) is 6.21 Å². The van der Waals surface area contributed by atoms with Crippen molar-refractivity contribution in [2.24, 2.45) is 5.10 Å². The van der Waals surface area contributed by atoms with Crippen LogP contribution in [0.25, 0.3) is 0 Å². The van der Waals surface area contributed by atoms with E-state index in [2.05, 4.69) is 10.5 Å². The van der Waals surface area contributed by atoms with E-state index in [0.29, 0.717) is 16.5 Å². The second-order valence-corrected chi connectivity index (χ2v) is 6.75. The minimum absolute atomic E-state index is 0.172. The van der Waals surface area contributed by atoms with Crippen LogP contribution < -0.4 is 14.9 Å². The first-order valence-electron chi connectivity index (χ1n) is 8.78. The predicted molar refractivity (Wildman–Crippen MR) is 107 cm³/mol. The monoisotopic (exact) mass is 395 g/mol. The quantitative estimate of drug-likeness (QED) is 0.506. The molecule has 6 nitrogen and oxygen atoms in total. The van der Waals surface area contributed by atoms with E-state index < -0.39 is 0 Å². The molecule has 1 amide bonds. The van der Waals surface area contributed by atoms with E-state index in [1.165, 1.54) is 0 Å². The largest absolute Gasteiger partial charge is 0.454 e. The van der Waals surface area contributed by atoms with Gasteiger partial charge in [0.25, 0.3) is 0 Å². The number of rotatable bonds is 6. The smallest absolute Gasteiger partial charge is 0.242 e. The Kier molecular flexibility index (Phi) is 5.30. The van der Waals surface area contributed by atoms with Gasteiger partial charge < -0.3 is 14.0 Å². The van der Waals surface area contributed by atoms with Crippen LogP contribution in [0.5, 0.6) is 11.5 Å². The fraction of sp³-hybridized carbons (Fsp3) is 0.143. The molecule has 0 saturated heterocycles. The van der Waals surface area contributed by atoms with Gasteiger partial charge >= 0.3 is 0 Å². The van der Waals surface area contributed by atoms with Crippen molar-refractivity contribution in [3.8, 4) is 11.5 Å². The van der Waals surface area contributed by atoms with Gasteiger partial charge in [0.2, 0.25) is 12.7 Å². The van der Waals surface area contributed by atoms with Gasteiger partial charge in [-0.25, -0.2) is 5.43 Å². The molecule has 1 unspecified atom stereocenters. The summed E-state index contributed by atoms with van der Waals surface area (Å²) in [5.41, 5.74) is 4.35. The number of carbonyl (C=O) groups excluding carboxylic acids is 1. The fourth-order valence-electron chi connectivity index (χ4n) is 3.06. The van der Waals surface area contributed by atoms with Gasteiger partial charge in [0.1, 0.15) is 0 Å². The average Bonchev–Trinajstić information content (AvgIpc) is 3.37. The van der Waals surface area contributed by atoms with Crippen molar-refractivity contribution < 1.29 is 14.3 Å². The molecule has 0 fully saturated rings. The standard InChI is InChI=1S/C21H18ClN3O3/c22-17-5-3-4-16(11-17)18(25-8-1-2-9-25)12-21(26)24-23-13-15-6-7-19-20(10-15)28-14-27-19/h1-11,13,18H,12,14H2,(H,24,26). The highest BCUT2D eigenvalue weighted by Crippen LogP contribution is 2.32. The molecule has 1 N–H and O–H groups in total. The third-order valence-corrected chi connectivity index (χ3v) is 4.63. The first-order chi connectivity index (χ1) is 13.7. The van der Waals surface area contributed by atoms with E-state index in [0.717, 1.165) is 11.1 Å². The molecule has 0 saturated carbocycles. The van der Waals surface area contributed by atoms with Crippen molar-refractivity contribution in [3.63, 3.8) is 0 Å². The molecule has 0 bridgehead atoms. The lowest BCUT2D eigenvalue weighted by Gasteiger charge is -2.19. The van der Waals surface area contributed by atoms with Crippen molar-refractivity contribution in [2.45, 2.75) is 12.5 Å². The number of ether oxygens (including phenoxy) is 2. The van der Waals surface area contributed by atoms with Crippen molar-refractivity contribution in [1.82, 2.24) is 9.99 Å². The van der Waals surface area contributed by atoms with Gasteiger partial charge in [-0.3, -0.25) is 4.79 Å². The first kappa shape index (κ1) is 18.1. The van der Waals surface area contributed by atoms with Crippen LogP contribution in [0.3, 0.4) is 0 Å². The molecule has 1 aliphatic heterocycles. The van der Waals surface area contributed by atoms with Crippen LogP contribution in [-0.2, 0) is 4.79 Å². The van der Waals surface area contributed by atoms with Crippen molar-refractivity contribution >= 4 is 23.7 Å². The molecular formula is C21H18ClN3O3. The van der Waals surface area contributed by atoms with Gasteiger partial charge in [-0.05, 0) is 53.6 Å². The molecule has 0 radical (unpaired) electrons. The van der Waals surface area contributed by atoms with Gasteiger partial charge in [0.05, 0.1) is 18.7 Å². The van der Waals surface area contributed by atoms with E-state index in [9.17, 15) is 4.79 Å². The highest BCUT2D eigenvalue weighted by molar-refractivity contribution is 6.30. The molecular weight excluding hydrogens is 378 g/mol. The number of halogens is 1. The number of amides is 1. The topological polar surface area (TPSA) is 64.9 Å². The van der Waals surface area contributed by atoms with Crippen LogP contribution in [-0.4, -0.2) is 23.5 Å². The number of hydrazone groups is 1. The highest BCUT2D eigenvalue weighted by Gasteiger charge is 2.17. The number of nitrogens with one attached hydrogen (secondary N) is 1. The number of hydrogen-bond acceptors (Lipinski definition) is 4. The van der Waals surface area contributed by atoms with Crippen LogP contribution in [0.2, 0.25) is 5.02 Å². The van der Waals surface area contributed by atoms with Crippen LogP contribution in [0.4, 0.5) is 0 Å². The summed E-state index contributed by atoms with van der Waals surface area (Å²) >= 11 is 6.13. The lowest BCUT2D eigenvalue weighted by Crippen LogP contribution is -2.23. The van der Waals surface area contributed by atoms with Gasteiger partial charge in [0, 0.05) is 17.4 Å². The Hall–Kier alpha value is -3.25. The third-order valence-electron chi connectivity index (χ3n) is 4.40. The summed E-state index contributed by atoms with van der Waals surface area (Å²) in [5, 5.41) is 4.69. The molecule has 0 spiro atoms. The maximum Gasteiger partial charge on any atom is 0.242 e. The maximum absolute atomic E-state index is 12.5. The summed E-state index contributed by atoms with van der Waals surface area (Å²) in [5.74, 6) is 1.18. The molecule has 2 aromatic carbocycles. The van der Waals surface area contributed by atoms with Crippen LogP contribution in [0.15, 0.2) is 72.1 Å². The van der Waals surface area contributed by atoms with Crippen LogP contribution >= 0.6 is 11.6 Å². The van der Waals surface area contributed by atoms with Crippen molar-refractivity contribution in [1.29, 1.82) is 0 Å². The Morgan fingerprint density at radius 2 is 1.96 bits per heavy atom. The number of nitrogens with zero attached hydrogens (tertiary/aromatic N) is 2.